The number of nitrogens with zero attached hydrogens (tertiary/aromatic N) is 2. The molecule has 2 aliphatic heterocycles. The second kappa shape index (κ2) is 15.8. The van der Waals surface area contributed by atoms with E-state index in [0.29, 0.717) is 6.10 Å². The molecular weight excluding hydrogens is 455 g/mol. The number of halogens is 1. The van der Waals surface area contributed by atoms with Gasteiger partial charge in [-0.25, -0.2) is 0 Å². The topological polar surface area (TPSA) is 58.1 Å². The molecule has 2 N–H and O–H groups in total. The van der Waals surface area contributed by atoms with Crippen LogP contribution in [0.2, 0.25) is 0 Å². The highest BCUT2D eigenvalue weighted by molar-refractivity contribution is 14.0. The van der Waals surface area contributed by atoms with Gasteiger partial charge in [0.2, 0.25) is 0 Å². The van der Waals surface area contributed by atoms with Crippen molar-refractivity contribution in [1.82, 2.24) is 15.5 Å². The predicted molar refractivity (Wildman–Crippen MR) is 123 cm³/mol. The molecule has 2 rings (SSSR count). The number of ether oxygens (including phenoxy) is 2. The highest BCUT2D eigenvalue weighted by atomic mass is 127. The second-order valence-electron chi connectivity index (χ2n) is 7.65. The monoisotopic (exact) mass is 496 g/mol. The summed E-state index contributed by atoms with van der Waals surface area (Å²) in [6, 6.07) is 0. The summed E-state index contributed by atoms with van der Waals surface area (Å²) >= 11 is 0. The highest BCUT2D eigenvalue weighted by Gasteiger charge is 2.16. The first-order valence-corrected chi connectivity index (χ1v) is 10.7. The molecule has 0 aromatic heterocycles. The zero-order valence-electron chi connectivity index (χ0n) is 17.4. The molecule has 2 saturated heterocycles. The number of aliphatic imine (C=N–C) groups is 1. The average molecular weight is 496 g/mol. The molecule has 6 nitrogen and oxygen atoms in total. The van der Waals surface area contributed by atoms with E-state index in [1.54, 1.807) is 0 Å². The van der Waals surface area contributed by atoms with Crippen molar-refractivity contribution in [3.8, 4) is 0 Å². The lowest BCUT2D eigenvalue weighted by molar-refractivity contribution is 0.0424. The van der Waals surface area contributed by atoms with Crippen molar-refractivity contribution in [2.45, 2.75) is 58.5 Å². The normalized spacial score (nSPS) is 23.9. The first-order chi connectivity index (χ1) is 12.8. The lowest BCUT2D eigenvalue weighted by Crippen LogP contribution is -2.38. The molecule has 2 unspecified atom stereocenters. The van der Waals surface area contributed by atoms with Crippen LogP contribution in [-0.4, -0.2) is 76.1 Å². The van der Waals surface area contributed by atoms with Gasteiger partial charge in [0.25, 0.3) is 0 Å². The lowest BCUT2D eigenvalue weighted by atomic mass is 10.0. The minimum absolute atomic E-state index is 0. The number of rotatable bonds is 11. The third kappa shape index (κ3) is 11.5. The maximum atomic E-state index is 5.78. The van der Waals surface area contributed by atoms with E-state index in [0.717, 1.165) is 64.2 Å². The Hall–Kier alpha value is -0.120. The molecule has 2 heterocycles. The molecule has 0 aromatic rings. The number of likely N-dealkylation sites (tertiary alicyclic amines) is 1. The van der Waals surface area contributed by atoms with Crippen molar-refractivity contribution in [3.63, 3.8) is 0 Å². The molecule has 2 aliphatic rings. The van der Waals surface area contributed by atoms with E-state index in [1.807, 2.05) is 0 Å². The SMILES string of the molecule is CCNC(=NCCCOC1CCOC1)NCCCCN1CCCC(C)C1.I. The first-order valence-electron chi connectivity index (χ1n) is 10.7. The molecule has 0 spiro atoms. The molecule has 2 fully saturated rings. The van der Waals surface area contributed by atoms with Gasteiger partial charge in [0.15, 0.2) is 5.96 Å². The molecular formula is C20H41IN4O2. The largest absolute Gasteiger partial charge is 0.379 e. The van der Waals surface area contributed by atoms with E-state index in [-0.39, 0.29) is 24.0 Å². The molecule has 0 aromatic carbocycles. The first kappa shape index (κ1) is 24.9. The van der Waals surface area contributed by atoms with Crippen LogP contribution in [0, 0.1) is 5.92 Å². The Balaban J connectivity index is 0.00000364. The zero-order valence-corrected chi connectivity index (χ0v) is 19.7. The minimum atomic E-state index is 0. The smallest absolute Gasteiger partial charge is 0.191 e. The Labute approximate surface area is 183 Å². The number of piperidine rings is 1. The van der Waals surface area contributed by atoms with E-state index in [9.17, 15) is 0 Å². The van der Waals surface area contributed by atoms with Crippen LogP contribution < -0.4 is 10.6 Å². The Morgan fingerprint density at radius 2 is 2.11 bits per heavy atom. The van der Waals surface area contributed by atoms with E-state index >= 15 is 0 Å². The van der Waals surface area contributed by atoms with Crippen LogP contribution in [0.15, 0.2) is 4.99 Å². The number of guanidine groups is 1. The predicted octanol–water partition coefficient (Wildman–Crippen LogP) is 2.87. The summed E-state index contributed by atoms with van der Waals surface area (Å²) in [5.41, 5.74) is 0. The van der Waals surface area contributed by atoms with Gasteiger partial charge in [-0.05, 0) is 64.5 Å². The highest BCUT2D eigenvalue weighted by Crippen LogP contribution is 2.15. The van der Waals surface area contributed by atoms with Gasteiger partial charge in [-0.2, -0.15) is 0 Å². The van der Waals surface area contributed by atoms with Gasteiger partial charge in [-0.3, -0.25) is 4.99 Å². The van der Waals surface area contributed by atoms with Crippen molar-refractivity contribution in [2.24, 2.45) is 10.9 Å². The van der Waals surface area contributed by atoms with Crippen molar-refractivity contribution in [3.05, 3.63) is 0 Å². The van der Waals surface area contributed by atoms with Crippen LogP contribution in [0.4, 0.5) is 0 Å². The van der Waals surface area contributed by atoms with Gasteiger partial charge >= 0.3 is 0 Å². The summed E-state index contributed by atoms with van der Waals surface area (Å²) in [6.45, 7) is 13.3. The van der Waals surface area contributed by atoms with Gasteiger partial charge in [-0.1, -0.05) is 6.92 Å². The van der Waals surface area contributed by atoms with Crippen LogP contribution in [0.25, 0.3) is 0 Å². The number of nitrogens with one attached hydrogen (secondary N) is 2. The Kier molecular flexibility index (Phi) is 14.5. The van der Waals surface area contributed by atoms with Crippen LogP contribution in [0.3, 0.4) is 0 Å². The molecule has 0 bridgehead atoms. The molecule has 2 atom stereocenters. The molecule has 0 saturated carbocycles. The fraction of sp³-hybridized carbons (Fsp3) is 0.950. The Morgan fingerprint density at radius 1 is 1.22 bits per heavy atom. The van der Waals surface area contributed by atoms with Crippen LogP contribution in [-0.2, 0) is 9.47 Å². The van der Waals surface area contributed by atoms with Gasteiger partial charge in [0, 0.05) is 39.4 Å². The van der Waals surface area contributed by atoms with E-state index in [1.165, 1.54) is 45.3 Å². The van der Waals surface area contributed by atoms with Crippen LogP contribution >= 0.6 is 24.0 Å². The third-order valence-corrected chi connectivity index (χ3v) is 5.09. The number of hydrogen-bond acceptors (Lipinski definition) is 4. The molecule has 160 valence electrons. The zero-order chi connectivity index (χ0) is 18.5. The van der Waals surface area contributed by atoms with Crippen LogP contribution in [0.1, 0.15) is 52.4 Å². The van der Waals surface area contributed by atoms with Crippen molar-refractivity contribution in [2.75, 3.05) is 59.1 Å². The fourth-order valence-electron chi connectivity index (χ4n) is 3.65. The maximum absolute atomic E-state index is 5.78. The lowest BCUT2D eigenvalue weighted by Gasteiger charge is -2.30. The van der Waals surface area contributed by atoms with Crippen molar-refractivity contribution >= 4 is 29.9 Å². The standard InChI is InChI=1S/C20H40N4O2.HI/c1-3-21-20(23-11-7-14-26-19-9-15-25-17-19)22-10-4-5-12-24-13-6-8-18(2)16-24;/h18-19H,3-17H2,1-2H3,(H2,21,22,23);1H. The van der Waals surface area contributed by atoms with Crippen LogP contribution in [0.5, 0.6) is 0 Å². The maximum Gasteiger partial charge on any atom is 0.191 e. The molecule has 0 radical (unpaired) electrons. The molecule has 7 heteroatoms. The molecule has 0 amide bonds. The average Bonchev–Trinajstić information content (AvgIpc) is 3.14. The molecule has 0 aliphatic carbocycles. The minimum Gasteiger partial charge on any atom is -0.379 e. The van der Waals surface area contributed by atoms with Gasteiger partial charge in [0.05, 0.1) is 12.7 Å². The number of hydrogen-bond donors (Lipinski definition) is 2. The quantitative estimate of drug-likeness (QED) is 0.200. The van der Waals surface area contributed by atoms with Crippen molar-refractivity contribution < 1.29 is 9.47 Å². The van der Waals surface area contributed by atoms with E-state index in [2.05, 4.69) is 34.4 Å². The third-order valence-electron chi connectivity index (χ3n) is 5.09. The van der Waals surface area contributed by atoms with E-state index < -0.39 is 0 Å². The van der Waals surface area contributed by atoms with Crippen molar-refractivity contribution in [1.29, 1.82) is 0 Å². The Morgan fingerprint density at radius 3 is 2.85 bits per heavy atom. The van der Waals surface area contributed by atoms with Gasteiger partial charge < -0.3 is 25.0 Å². The Bertz CT molecular complexity index is 392. The van der Waals surface area contributed by atoms with Gasteiger partial charge in [0.1, 0.15) is 0 Å². The summed E-state index contributed by atoms with van der Waals surface area (Å²) < 4.78 is 11.1. The summed E-state index contributed by atoms with van der Waals surface area (Å²) in [5, 5.41) is 6.79. The van der Waals surface area contributed by atoms with E-state index in [4.69, 9.17) is 9.47 Å². The molecule has 27 heavy (non-hydrogen) atoms. The summed E-state index contributed by atoms with van der Waals surface area (Å²) in [7, 11) is 0. The van der Waals surface area contributed by atoms with Gasteiger partial charge in [-0.15, -0.1) is 24.0 Å². The summed E-state index contributed by atoms with van der Waals surface area (Å²) in [4.78, 5) is 7.28. The second-order valence-corrected chi connectivity index (χ2v) is 7.65. The summed E-state index contributed by atoms with van der Waals surface area (Å²) in [5.74, 6) is 1.81. The summed E-state index contributed by atoms with van der Waals surface area (Å²) in [6.07, 6.45) is 7.52. The number of unbranched alkanes of at least 4 members (excludes halogenated alkanes) is 1. The fourth-order valence-corrected chi connectivity index (χ4v) is 3.65.